The number of anilines is 2. The number of hydrogen-bond donors (Lipinski definition) is 3. The van der Waals surface area contributed by atoms with Crippen LogP contribution in [0.5, 0.6) is 5.75 Å². The Morgan fingerprint density at radius 1 is 1.43 bits per heavy atom. The van der Waals surface area contributed by atoms with Crippen molar-refractivity contribution in [2.24, 2.45) is 5.10 Å². The Kier molecular flexibility index (Phi) is 2.75. The summed E-state index contributed by atoms with van der Waals surface area (Å²) in [4.78, 5) is 13.5. The van der Waals surface area contributed by atoms with Crippen molar-refractivity contribution in [1.82, 2.24) is 10.7 Å². The first-order chi connectivity index (χ1) is 10.2. The van der Waals surface area contributed by atoms with Gasteiger partial charge in [-0.05, 0) is 24.6 Å². The fourth-order valence-electron chi connectivity index (χ4n) is 2.70. The van der Waals surface area contributed by atoms with E-state index in [2.05, 4.69) is 34.2 Å². The van der Waals surface area contributed by atoms with Crippen molar-refractivity contribution in [3.8, 4) is 5.75 Å². The van der Waals surface area contributed by atoms with Crippen LogP contribution in [0.15, 0.2) is 17.2 Å². The van der Waals surface area contributed by atoms with Gasteiger partial charge in [0, 0.05) is 18.8 Å². The van der Waals surface area contributed by atoms with Crippen LogP contribution in [-0.2, 0) is 4.79 Å². The quantitative estimate of drug-likeness (QED) is 0.715. The Morgan fingerprint density at radius 2 is 2.29 bits per heavy atom. The molecule has 1 saturated heterocycles. The molecule has 0 bridgehead atoms. The molecule has 3 aliphatic heterocycles. The first-order valence-electron chi connectivity index (χ1n) is 7.08. The summed E-state index contributed by atoms with van der Waals surface area (Å²) in [5.41, 5.74) is 5.61. The third-order valence-electron chi connectivity index (χ3n) is 4.02. The average molecular weight is 287 g/mol. The van der Waals surface area contributed by atoms with Gasteiger partial charge in [0.2, 0.25) is 0 Å². The molecule has 3 aliphatic rings. The van der Waals surface area contributed by atoms with Crippen molar-refractivity contribution in [2.75, 3.05) is 36.5 Å². The monoisotopic (exact) mass is 287 g/mol. The average Bonchev–Trinajstić information content (AvgIpc) is 2.43. The van der Waals surface area contributed by atoms with Crippen molar-refractivity contribution in [3.63, 3.8) is 0 Å². The van der Waals surface area contributed by atoms with Gasteiger partial charge < -0.3 is 20.3 Å². The molecule has 0 unspecified atom stereocenters. The molecule has 3 N–H and O–H groups in total. The summed E-state index contributed by atoms with van der Waals surface area (Å²) in [5, 5.41) is 10.8. The predicted octanol–water partition coefficient (Wildman–Crippen LogP) is 0.0208. The van der Waals surface area contributed by atoms with Crippen LogP contribution < -0.4 is 25.7 Å². The zero-order valence-corrected chi connectivity index (χ0v) is 11.8. The van der Waals surface area contributed by atoms with E-state index in [0.717, 1.165) is 41.6 Å². The standard InChI is InChI=1S/C14H17N5O2/c1-8-2-12-11(3-10(8)16-9-4-15-5-9)19-6-14(20)18-17-13(19)7-21-12/h2-3,9,15-16H,4-7H2,1H3,(H,18,20). The Labute approximate surface area is 122 Å². The third-order valence-corrected chi connectivity index (χ3v) is 4.02. The zero-order valence-electron chi connectivity index (χ0n) is 11.8. The smallest absolute Gasteiger partial charge is 0.260 e. The van der Waals surface area contributed by atoms with E-state index in [9.17, 15) is 4.79 Å². The molecule has 0 aliphatic carbocycles. The van der Waals surface area contributed by atoms with Crippen LogP contribution in [0.4, 0.5) is 11.4 Å². The molecule has 0 saturated carbocycles. The van der Waals surface area contributed by atoms with Crippen molar-refractivity contribution < 1.29 is 9.53 Å². The van der Waals surface area contributed by atoms with Crippen molar-refractivity contribution in [3.05, 3.63) is 17.7 Å². The maximum absolute atomic E-state index is 11.6. The van der Waals surface area contributed by atoms with Crippen LogP contribution in [0.2, 0.25) is 0 Å². The molecular formula is C14H17N5O2. The number of amides is 1. The van der Waals surface area contributed by atoms with Crippen LogP contribution in [0.25, 0.3) is 0 Å². The molecule has 1 aromatic rings. The largest absolute Gasteiger partial charge is 0.483 e. The minimum Gasteiger partial charge on any atom is -0.483 e. The summed E-state index contributed by atoms with van der Waals surface area (Å²) in [6.07, 6.45) is 0. The summed E-state index contributed by atoms with van der Waals surface area (Å²) >= 11 is 0. The molecule has 0 atom stereocenters. The number of benzene rings is 1. The molecule has 1 amide bonds. The topological polar surface area (TPSA) is 78.0 Å². The molecule has 7 nitrogen and oxygen atoms in total. The Morgan fingerprint density at radius 3 is 3.05 bits per heavy atom. The van der Waals surface area contributed by atoms with Gasteiger partial charge in [-0.2, -0.15) is 5.10 Å². The fraction of sp³-hybridized carbons (Fsp3) is 0.429. The van der Waals surface area contributed by atoms with Gasteiger partial charge >= 0.3 is 0 Å². The minimum absolute atomic E-state index is 0.107. The van der Waals surface area contributed by atoms with E-state index in [4.69, 9.17) is 4.74 Å². The highest BCUT2D eigenvalue weighted by Crippen LogP contribution is 2.37. The highest BCUT2D eigenvalue weighted by Gasteiger charge is 2.30. The van der Waals surface area contributed by atoms with Crippen molar-refractivity contribution in [1.29, 1.82) is 0 Å². The van der Waals surface area contributed by atoms with Crippen LogP contribution in [0, 0.1) is 6.92 Å². The summed E-state index contributed by atoms with van der Waals surface area (Å²) < 4.78 is 5.75. The lowest BCUT2D eigenvalue weighted by atomic mass is 10.1. The van der Waals surface area contributed by atoms with E-state index in [1.54, 1.807) is 0 Å². The van der Waals surface area contributed by atoms with Crippen molar-refractivity contribution >= 4 is 23.1 Å². The number of hydrazone groups is 1. The second-order valence-corrected chi connectivity index (χ2v) is 5.57. The molecule has 21 heavy (non-hydrogen) atoms. The molecule has 0 radical (unpaired) electrons. The first-order valence-corrected chi connectivity index (χ1v) is 7.08. The maximum atomic E-state index is 11.6. The van der Waals surface area contributed by atoms with E-state index in [-0.39, 0.29) is 12.5 Å². The summed E-state index contributed by atoms with van der Waals surface area (Å²) in [6, 6.07) is 4.53. The number of carbonyl (C=O) groups excluding carboxylic acids is 1. The second-order valence-electron chi connectivity index (χ2n) is 5.57. The molecule has 1 aromatic carbocycles. The van der Waals surface area contributed by atoms with Crippen LogP contribution >= 0.6 is 0 Å². The van der Waals surface area contributed by atoms with Gasteiger partial charge in [-0.1, -0.05) is 0 Å². The number of fused-ring (bicyclic) bond motifs is 3. The molecular weight excluding hydrogens is 270 g/mol. The highest BCUT2D eigenvalue weighted by molar-refractivity contribution is 6.08. The number of aryl methyl sites for hydroxylation is 1. The normalized spacial score (nSPS) is 20.5. The summed E-state index contributed by atoms with van der Waals surface area (Å²) in [5.74, 6) is 1.44. The highest BCUT2D eigenvalue weighted by atomic mass is 16.5. The number of nitrogens with zero attached hydrogens (tertiary/aromatic N) is 2. The number of carbonyl (C=O) groups is 1. The molecule has 4 rings (SSSR count). The number of rotatable bonds is 2. The number of ether oxygens (including phenoxy) is 1. The molecule has 110 valence electrons. The van der Waals surface area contributed by atoms with E-state index in [0.29, 0.717) is 12.6 Å². The summed E-state index contributed by atoms with van der Waals surface area (Å²) in [6.45, 7) is 4.68. The molecule has 1 fully saturated rings. The van der Waals surface area contributed by atoms with E-state index in [1.807, 2.05) is 11.0 Å². The zero-order chi connectivity index (χ0) is 14.4. The molecule has 7 heteroatoms. The molecule has 0 spiro atoms. The number of hydrogen-bond acceptors (Lipinski definition) is 6. The first kappa shape index (κ1) is 12.5. The predicted molar refractivity (Wildman–Crippen MR) is 79.9 cm³/mol. The number of amidine groups is 1. The lowest BCUT2D eigenvalue weighted by Gasteiger charge is -2.35. The number of nitrogens with one attached hydrogen (secondary N) is 3. The van der Waals surface area contributed by atoms with Gasteiger partial charge in [0.05, 0.1) is 11.7 Å². The van der Waals surface area contributed by atoms with E-state index >= 15 is 0 Å². The molecule has 3 heterocycles. The van der Waals surface area contributed by atoms with Gasteiger partial charge in [0.1, 0.15) is 18.9 Å². The van der Waals surface area contributed by atoms with Crippen LogP contribution in [-0.4, -0.2) is 44.0 Å². The van der Waals surface area contributed by atoms with Gasteiger partial charge in [-0.15, -0.1) is 0 Å². The van der Waals surface area contributed by atoms with Gasteiger partial charge in [0.25, 0.3) is 5.91 Å². The SMILES string of the molecule is Cc1cc2c(cc1NC1CNC1)N1CC(=O)NN=C1CO2. The Hall–Kier alpha value is -2.28. The second kappa shape index (κ2) is 4.63. The lowest BCUT2D eigenvalue weighted by molar-refractivity contribution is -0.119. The van der Waals surface area contributed by atoms with Gasteiger partial charge in [0.15, 0.2) is 5.84 Å². The van der Waals surface area contributed by atoms with Gasteiger partial charge in [-0.25, -0.2) is 5.43 Å². The van der Waals surface area contributed by atoms with Crippen molar-refractivity contribution in [2.45, 2.75) is 13.0 Å². The van der Waals surface area contributed by atoms with Crippen LogP contribution in [0.1, 0.15) is 5.56 Å². The Balaban J connectivity index is 1.71. The fourth-order valence-corrected chi connectivity index (χ4v) is 2.70. The Bertz CT molecular complexity index is 638. The minimum atomic E-state index is -0.107. The molecule has 0 aromatic heterocycles. The van der Waals surface area contributed by atoms with E-state index in [1.165, 1.54) is 0 Å². The lowest BCUT2D eigenvalue weighted by Crippen LogP contribution is -2.51. The van der Waals surface area contributed by atoms with Gasteiger partial charge in [-0.3, -0.25) is 4.79 Å². The van der Waals surface area contributed by atoms with E-state index < -0.39 is 0 Å². The maximum Gasteiger partial charge on any atom is 0.260 e. The summed E-state index contributed by atoms with van der Waals surface area (Å²) in [7, 11) is 0. The van der Waals surface area contributed by atoms with Crippen LogP contribution in [0.3, 0.4) is 0 Å². The third kappa shape index (κ3) is 2.09.